The Morgan fingerprint density at radius 3 is 2.58 bits per heavy atom. The summed E-state index contributed by atoms with van der Waals surface area (Å²) < 4.78 is 2.44. The van der Waals surface area contributed by atoms with Gasteiger partial charge in [0.05, 0.1) is 6.04 Å². The third-order valence-corrected chi connectivity index (χ3v) is 5.58. The lowest BCUT2D eigenvalue weighted by Crippen LogP contribution is -2.30. The van der Waals surface area contributed by atoms with Crippen molar-refractivity contribution in [3.8, 4) is 0 Å². The van der Waals surface area contributed by atoms with E-state index in [1.165, 1.54) is 34.4 Å². The summed E-state index contributed by atoms with van der Waals surface area (Å²) >= 11 is 0. The summed E-state index contributed by atoms with van der Waals surface area (Å²) in [6, 6.07) is 22.8. The maximum absolute atomic E-state index is 2.67. The van der Waals surface area contributed by atoms with E-state index in [1.54, 1.807) is 0 Å². The van der Waals surface area contributed by atoms with Gasteiger partial charge < -0.3 is 4.57 Å². The first kappa shape index (κ1) is 17.1. The summed E-state index contributed by atoms with van der Waals surface area (Å²) in [6.45, 7) is 7.68. The van der Waals surface area contributed by atoms with Gasteiger partial charge in [0, 0.05) is 31.5 Å². The van der Waals surface area contributed by atoms with Crippen molar-refractivity contribution in [2.75, 3.05) is 6.54 Å². The molecule has 2 heterocycles. The van der Waals surface area contributed by atoms with E-state index in [4.69, 9.17) is 0 Å². The Balaban J connectivity index is 1.76. The second-order valence-corrected chi connectivity index (χ2v) is 7.39. The molecule has 0 N–H and O–H groups in total. The van der Waals surface area contributed by atoms with E-state index in [-0.39, 0.29) is 0 Å². The molecule has 0 amide bonds. The highest BCUT2D eigenvalue weighted by Gasteiger charge is 2.27. The number of benzene rings is 2. The van der Waals surface area contributed by atoms with E-state index in [0.29, 0.717) is 6.04 Å². The lowest BCUT2D eigenvalue weighted by molar-refractivity contribution is 0.220. The van der Waals surface area contributed by atoms with Crippen molar-refractivity contribution in [3.05, 3.63) is 94.8 Å². The van der Waals surface area contributed by atoms with Crippen molar-refractivity contribution in [1.82, 2.24) is 9.47 Å². The molecule has 1 aliphatic heterocycles. The lowest BCUT2D eigenvalue weighted by Gasteiger charge is -2.31. The van der Waals surface area contributed by atoms with E-state index in [2.05, 4.69) is 90.2 Å². The highest BCUT2D eigenvalue weighted by molar-refractivity contribution is 5.34. The second-order valence-electron chi connectivity index (χ2n) is 7.39. The van der Waals surface area contributed by atoms with Crippen LogP contribution in [0.3, 0.4) is 0 Å². The van der Waals surface area contributed by atoms with Crippen LogP contribution in [-0.4, -0.2) is 16.0 Å². The van der Waals surface area contributed by atoms with Gasteiger partial charge in [-0.25, -0.2) is 0 Å². The normalized spacial score (nSPS) is 17.7. The molecule has 0 bridgehead atoms. The lowest BCUT2D eigenvalue weighted by atomic mass is 9.98. The molecule has 1 atom stereocenters. The Labute approximate surface area is 157 Å². The molecule has 26 heavy (non-hydrogen) atoms. The first-order valence-corrected chi connectivity index (χ1v) is 9.78. The Kier molecular flexibility index (Phi) is 4.94. The Hall–Kier alpha value is -2.32. The topological polar surface area (TPSA) is 8.17 Å². The van der Waals surface area contributed by atoms with Crippen molar-refractivity contribution in [2.24, 2.45) is 0 Å². The number of rotatable bonds is 4. The molecular weight excluding hydrogens is 316 g/mol. The first-order chi connectivity index (χ1) is 12.8. The van der Waals surface area contributed by atoms with Gasteiger partial charge in [0.2, 0.25) is 0 Å². The number of hydrogen-bond acceptors (Lipinski definition) is 1. The minimum Gasteiger partial charge on any atom is -0.350 e. The minimum atomic E-state index is 0.317. The standard InChI is InChI=1S/C24H28N2/c1-3-20-10-4-5-11-22(20)18-26-16-8-15-25-14-7-13-23(25)24(26)21-12-6-9-19(2)17-21/h4-7,9-14,17,24H,3,8,15-16,18H2,1-2H3. The van der Waals surface area contributed by atoms with Crippen LogP contribution in [0, 0.1) is 6.92 Å². The van der Waals surface area contributed by atoms with Crippen molar-refractivity contribution in [3.63, 3.8) is 0 Å². The van der Waals surface area contributed by atoms with E-state index in [0.717, 1.165) is 26.1 Å². The van der Waals surface area contributed by atoms with E-state index in [9.17, 15) is 0 Å². The zero-order chi connectivity index (χ0) is 17.9. The van der Waals surface area contributed by atoms with Crippen LogP contribution in [0.5, 0.6) is 0 Å². The predicted molar refractivity (Wildman–Crippen MR) is 108 cm³/mol. The monoisotopic (exact) mass is 344 g/mol. The van der Waals surface area contributed by atoms with Gasteiger partial charge in [-0.3, -0.25) is 4.90 Å². The number of aromatic nitrogens is 1. The highest BCUT2D eigenvalue weighted by Crippen LogP contribution is 2.33. The van der Waals surface area contributed by atoms with Crippen LogP contribution < -0.4 is 0 Å². The third kappa shape index (κ3) is 3.34. The summed E-state index contributed by atoms with van der Waals surface area (Å²) in [4.78, 5) is 2.67. The molecule has 4 rings (SSSR count). The van der Waals surface area contributed by atoms with Crippen LogP contribution in [0.4, 0.5) is 0 Å². The van der Waals surface area contributed by atoms with Crippen molar-refractivity contribution >= 4 is 0 Å². The number of aryl methyl sites for hydroxylation is 3. The van der Waals surface area contributed by atoms with Gasteiger partial charge in [0.25, 0.3) is 0 Å². The minimum absolute atomic E-state index is 0.317. The largest absolute Gasteiger partial charge is 0.350 e. The number of hydrogen-bond donors (Lipinski definition) is 0. The summed E-state index contributed by atoms with van der Waals surface area (Å²) in [5.41, 5.74) is 7.09. The van der Waals surface area contributed by atoms with Crippen LogP contribution >= 0.6 is 0 Å². The van der Waals surface area contributed by atoms with Gasteiger partial charge in [0.1, 0.15) is 0 Å². The fourth-order valence-corrected chi connectivity index (χ4v) is 4.31. The number of nitrogens with zero attached hydrogens (tertiary/aromatic N) is 2. The zero-order valence-corrected chi connectivity index (χ0v) is 15.9. The van der Waals surface area contributed by atoms with Crippen molar-refractivity contribution in [2.45, 2.75) is 45.8 Å². The maximum atomic E-state index is 2.67. The molecule has 0 aliphatic carbocycles. The molecule has 134 valence electrons. The average Bonchev–Trinajstić information content (AvgIpc) is 3.03. The van der Waals surface area contributed by atoms with E-state index in [1.807, 2.05) is 0 Å². The molecule has 1 aliphatic rings. The van der Waals surface area contributed by atoms with Gasteiger partial charge in [-0.2, -0.15) is 0 Å². The summed E-state index contributed by atoms with van der Waals surface area (Å²) in [7, 11) is 0. The van der Waals surface area contributed by atoms with Crippen LogP contribution in [0.2, 0.25) is 0 Å². The smallest absolute Gasteiger partial charge is 0.0759 e. The van der Waals surface area contributed by atoms with Crippen LogP contribution in [0.15, 0.2) is 66.9 Å². The molecule has 1 aromatic heterocycles. The summed E-state index contributed by atoms with van der Waals surface area (Å²) in [5, 5.41) is 0. The Bertz CT molecular complexity index is 877. The van der Waals surface area contributed by atoms with Gasteiger partial charge in [-0.05, 0) is 48.6 Å². The molecule has 0 spiro atoms. The molecule has 0 fully saturated rings. The molecule has 2 aromatic carbocycles. The van der Waals surface area contributed by atoms with Gasteiger partial charge in [-0.15, -0.1) is 0 Å². The van der Waals surface area contributed by atoms with Gasteiger partial charge in [-0.1, -0.05) is 61.0 Å². The SMILES string of the molecule is CCc1ccccc1CN1CCCn2cccc2C1c1cccc(C)c1. The molecular formula is C24H28N2. The molecule has 3 aromatic rings. The van der Waals surface area contributed by atoms with Crippen LogP contribution in [0.1, 0.15) is 47.3 Å². The quantitative estimate of drug-likeness (QED) is 0.619. The van der Waals surface area contributed by atoms with Crippen molar-refractivity contribution < 1.29 is 0 Å². The highest BCUT2D eigenvalue weighted by atomic mass is 15.2. The first-order valence-electron chi connectivity index (χ1n) is 9.78. The molecule has 2 heteroatoms. The van der Waals surface area contributed by atoms with Crippen LogP contribution in [-0.2, 0) is 19.5 Å². The fourth-order valence-electron chi connectivity index (χ4n) is 4.31. The average molecular weight is 345 g/mol. The molecule has 2 nitrogen and oxygen atoms in total. The Morgan fingerprint density at radius 1 is 0.923 bits per heavy atom. The molecule has 0 saturated carbocycles. The second kappa shape index (κ2) is 7.51. The van der Waals surface area contributed by atoms with Crippen molar-refractivity contribution in [1.29, 1.82) is 0 Å². The molecule has 1 unspecified atom stereocenters. The Morgan fingerprint density at radius 2 is 1.77 bits per heavy atom. The number of fused-ring (bicyclic) bond motifs is 1. The van der Waals surface area contributed by atoms with Gasteiger partial charge >= 0.3 is 0 Å². The van der Waals surface area contributed by atoms with Gasteiger partial charge in [0.15, 0.2) is 0 Å². The fraction of sp³-hybridized carbons (Fsp3) is 0.333. The third-order valence-electron chi connectivity index (χ3n) is 5.58. The zero-order valence-electron chi connectivity index (χ0n) is 15.9. The van der Waals surface area contributed by atoms with Crippen LogP contribution in [0.25, 0.3) is 0 Å². The van der Waals surface area contributed by atoms with E-state index >= 15 is 0 Å². The summed E-state index contributed by atoms with van der Waals surface area (Å²) in [5.74, 6) is 0. The summed E-state index contributed by atoms with van der Waals surface area (Å²) in [6.07, 6.45) is 4.52. The maximum Gasteiger partial charge on any atom is 0.0759 e. The van der Waals surface area contributed by atoms with E-state index < -0.39 is 0 Å². The molecule has 0 saturated heterocycles. The predicted octanol–water partition coefficient (Wildman–Crippen LogP) is 5.35. The molecule has 0 radical (unpaired) electrons.